The van der Waals surface area contributed by atoms with Gasteiger partial charge in [0, 0.05) is 12.8 Å². The quantitative estimate of drug-likeness (QED) is 0.613. The third-order valence-corrected chi connectivity index (χ3v) is 2.23. The summed E-state index contributed by atoms with van der Waals surface area (Å²) in [5, 5.41) is 4.83. The van der Waals surface area contributed by atoms with Crippen molar-refractivity contribution < 1.29 is 8.42 Å². The third kappa shape index (κ3) is 3.90. The van der Waals surface area contributed by atoms with Crippen molar-refractivity contribution in [2.75, 3.05) is 7.05 Å². The van der Waals surface area contributed by atoms with Crippen LogP contribution in [0.4, 0.5) is 0 Å². The molecule has 0 spiro atoms. The minimum atomic E-state index is -3.53. The number of hydrogen-bond donors (Lipinski definition) is 1. The molecule has 0 aliphatic heterocycles. The Morgan fingerprint density at radius 2 is 1.91 bits per heavy atom. The summed E-state index contributed by atoms with van der Waals surface area (Å²) in [6.07, 6.45) is 1.43. The number of hydrogen-bond acceptors (Lipinski definition) is 3. The Hall–Kier alpha value is -0.680. The van der Waals surface area contributed by atoms with Gasteiger partial charge in [-0.3, -0.25) is 4.99 Å². The zero-order chi connectivity index (χ0) is 9.07. The average molecular weight is 176 g/mol. The Kier molecular flexibility index (Phi) is 3.41. The fraction of sp³-hybridized carbons (Fsp3) is 0.500. The number of aliphatic imine (C=N–C) groups is 1. The van der Waals surface area contributed by atoms with Crippen LogP contribution in [-0.4, -0.2) is 21.2 Å². The van der Waals surface area contributed by atoms with E-state index in [2.05, 4.69) is 4.99 Å². The molecular weight excluding hydrogens is 164 g/mol. The Morgan fingerprint density at radius 1 is 1.45 bits per heavy atom. The molecule has 64 valence electrons. The molecular formula is C6H12N2O2S. The minimum absolute atomic E-state index is 0.126. The van der Waals surface area contributed by atoms with Crippen LogP contribution < -0.4 is 5.14 Å². The molecule has 0 saturated heterocycles. The van der Waals surface area contributed by atoms with Gasteiger partial charge in [0.2, 0.25) is 10.0 Å². The molecule has 0 atom stereocenters. The van der Waals surface area contributed by atoms with Gasteiger partial charge >= 0.3 is 0 Å². The molecule has 0 amide bonds. The van der Waals surface area contributed by atoms with E-state index >= 15 is 0 Å². The summed E-state index contributed by atoms with van der Waals surface area (Å²) in [5.74, 6) is 0. The van der Waals surface area contributed by atoms with Gasteiger partial charge < -0.3 is 0 Å². The smallest absolute Gasteiger partial charge is 0.233 e. The van der Waals surface area contributed by atoms with Gasteiger partial charge in [0.25, 0.3) is 0 Å². The summed E-state index contributed by atoms with van der Waals surface area (Å²) in [5.41, 5.74) is 0.636. The second kappa shape index (κ2) is 3.64. The second-order valence-electron chi connectivity index (χ2n) is 2.16. The van der Waals surface area contributed by atoms with Crippen LogP contribution in [0.15, 0.2) is 16.0 Å². The standard InChI is InChI=1S/C6H12N2O2S/c1-5(8-3)4-6(2)11(7,9)10/h4H,1-3H3,(H2,7,9,10)/b6-4+,8-5?. The van der Waals surface area contributed by atoms with Gasteiger partial charge in [0.15, 0.2) is 0 Å². The van der Waals surface area contributed by atoms with Gasteiger partial charge in [-0.05, 0) is 19.9 Å². The topological polar surface area (TPSA) is 72.5 Å². The summed E-state index contributed by atoms with van der Waals surface area (Å²) >= 11 is 0. The van der Waals surface area contributed by atoms with Crippen molar-refractivity contribution in [1.29, 1.82) is 0 Å². The molecule has 0 aromatic heterocycles. The molecule has 0 saturated carbocycles. The molecule has 0 aromatic rings. The number of rotatable bonds is 2. The summed E-state index contributed by atoms with van der Waals surface area (Å²) in [6.45, 7) is 3.14. The normalized spacial score (nSPS) is 15.3. The number of allylic oxidation sites excluding steroid dienone is 2. The van der Waals surface area contributed by atoms with Crippen LogP contribution in [0.2, 0.25) is 0 Å². The minimum Gasteiger partial charge on any atom is -0.293 e. The molecule has 0 rings (SSSR count). The molecule has 0 aliphatic rings. The molecule has 0 heterocycles. The predicted octanol–water partition coefficient (Wildman–Crippen LogP) is 0.269. The maximum Gasteiger partial charge on any atom is 0.233 e. The first-order valence-electron chi connectivity index (χ1n) is 3.02. The van der Waals surface area contributed by atoms with E-state index in [1.807, 2.05) is 0 Å². The molecule has 0 bridgehead atoms. The number of nitrogens with zero attached hydrogens (tertiary/aromatic N) is 1. The maximum atomic E-state index is 10.6. The number of primary sulfonamides is 1. The highest BCUT2D eigenvalue weighted by molar-refractivity contribution is 7.93. The molecule has 5 heteroatoms. The third-order valence-electron chi connectivity index (χ3n) is 1.21. The highest BCUT2D eigenvalue weighted by atomic mass is 32.2. The van der Waals surface area contributed by atoms with Crippen molar-refractivity contribution in [1.82, 2.24) is 0 Å². The molecule has 0 unspecified atom stereocenters. The van der Waals surface area contributed by atoms with Crippen molar-refractivity contribution in [3.05, 3.63) is 11.0 Å². The van der Waals surface area contributed by atoms with Crippen LogP contribution in [0.5, 0.6) is 0 Å². The Bertz CT molecular complexity index is 288. The van der Waals surface area contributed by atoms with Crippen LogP contribution in [-0.2, 0) is 10.0 Å². The summed E-state index contributed by atoms with van der Waals surface area (Å²) in [4.78, 5) is 3.89. The van der Waals surface area contributed by atoms with Crippen LogP contribution >= 0.6 is 0 Å². The van der Waals surface area contributed by atoms with Crippen LogP contribution in [0, 0.1) is 0 Å². The van der Waals surface area contributed by atoms with Crippen LogP contribution in [0.1, 0.15) is 13.8 Å². The van der Waals surface area contributed by atoms with Crippen LogP contribution in [0.3, 0.4) is 0 Å². The van der Waals surface area contributed by atoms with Crippen LogP contribution in [0.25, 0.3) is 0 Å². The van der Waals surface area contributed by atoms with E-state index in [4.69, 9.17) is 5.14 Å². The fourth-order valence-electron chi connectivity index (χ4n) is 0.441. The lowest BCUT2D eigenvalue weighted by Gasteiger charge is -1.95. The molecule has 2 N–H and O–H groups in total. The molecule has 0 radical (unpaired) electrons. The first kappa shape index (κ1) is 10.3. The number of sulfonamides is 1. The number of nitrogens with two attached hydrogens (primary N) is 1. The highest BCUT2D eigenvalue weighted by Gasteiger charge is 2.04. The van der Waals surface area contributed by atoms with E-state index in [1.54, 1.807) is 14.0 Å². The zero-order valence-corrected chi connectivity index (χ0v) is 7.64. The summed E-state index contributed by atoms with van der Waals surface area (Å²) in [6, 6.07) is 0. The maximum absolute atomic E-state index is 10.6. The Balaban J connectivity index is 4.77. The fourth-order valence-corrected chi connectivity index (χ4v) is 0.776. The Morgan fingerprint density at radius 3 is 2.18 bits per heavy atom. The first-order chi connectivity index (χ1) is 4.88. The van der Waals surface area contributed by atoms with E-state index in [9.17, 15) is 8.42 Å². The summed E-state index contributed by atoms with van der Waals surface area (Å²) in [7, 11) is -1.94. The molecule has 0 fully saturated rings. The van der Waals surface area contributed by atoms with E-state index in [0.717, 1.165) is 0 Å². The van der Waals surface area contributed by atoms with Crippen molar-refractivity contribution in [3.8, 4) is 0 Å². The van der Waals surface area contributed by atoms with Gasteiger partial charge in [-0.2, -0.15) is 0 Å². The predicted molar refractivity (Wildman–Crippen MR) is 45.9 cm³/mol. The van der Waals surface area contributed by atoms with Gasteiger partial charge in [0.05, 0.1) is 4.91 Å². The zero-order valence-electron chi connectivity index (χ0n) is 6.83. The van der Waals surface area contributed by atoms with Crippen molar-refractivity contribution in [2.24, 2.45) is 10.1 Å². The van der Waals surface area contributed by atoms with Crippen molar-refractivity contribution in [2.45, 2.75) is 13.8 Å². The second-order valence-corrected chi connectivity index (χ2v) is 3.90. The van der Waals surface area contributed by atoms with Gasteiger partial charge in [-0.1, -0.05) is 0 Å². The van der Waals surface area contributed by atoms with E-state index in [-0.39, 0.29) is 4.91 Å². The van der Waals surface area contributed by atoms with E-state index in [1.165, 1.54) is 13.0 Å². The first-order valence-corrected chi connectivity index (χ1v) is 4.57. The van der Waals surface area contributed by atoms with Crippen molar-refractivity contribution >= 4 is 15.7 Å². The van der Waals surface area contributed by atoms with E-state index < -0.39 is 10.0 Å². The average Bonchev–Trinajstić information content (AvgIpc) is 1.85. The lowest BCUT2D eigenvalue weighted by atomic mass is 10.4. The monoisotopic (exact) mass is 176 g/mol. The molecule has 0 aromatic carbocycles. The SMILES string of the molecule is CN=C(C)/C=C(\C)S(N)(=O)=O. The molecule has 11 heavy (non-hydrogen) atoms. The molecule has 0 aliphatic carbocycles. The Labute approximate surface area is 66.9 Å². The van der Waals surface area contributed by atoms with Crippen molar-refractivity contribution in [3.63, 3.8) is 0 Å². The highest BCUT2D eigenvalue weighted by Crippen LogP contribution is 1.99. The summed E-state index contributed by atoms with van der Waals surface area (Å²) < 4.78 is 21.3. The molecule has 4 nitrogen and oxygen atoms in total. The lowest BCUT2D eigenvalue weighted by Crippen LogP contribution is -2.13. The van der Waals surface area contributed by atoms with Gasteiger partial charge in [0.1, 0.15) is 0 Å². The largest absolute Gasteiger partial charge is 0.293 e. The van der Waals surface area contributed by atoms with Gasteiger partial charge in [-0.15, -0.1) is 0 Å². The lowest BCUT2D eigenvalue weighted by molar-refractivity contribution is 0.603. The van der Waals surface area contributed by atoms with Gasteiger partial charge in [-0.25, -0.2) is 13.6 Å². The van der Waals surface area contributed by atoms with E-state index in [0.29, 0.717) is 5.71 Å².